The molecule has 27 heavy (non-hydrogen) atoms. The third-order valence-corrected chi connectivity index (χ3v) is 5.21. The summed E-state index contributed by atoms with van der Waals surface area (Å²) in [7, 11) is 1.96. The molecule has 0 radical (unpaired) electrons. The summed E-state index contributed by atoms with van der Waals surface area (Å²) >= 11 is 0. The molecule has 1 amide bonds. The topological polar surface area (TPSA) is 59.4 Å². The number of amides is 1. The van der Waals surface area contributed by atoms with Gasteiger partial charge in [-0.15, -0.1) is 0 Å². The molecule has 3 rings (SSSR count). The SMILES string of the molecule is Cc1ccc(C(C)C)cc1OC(C)C(=O)N1CCNCC1c1nccn1C. The zero-order valence-corrected chi connectivity index (χ0v) is 16.9. The number of aryl methyl sites for hydroxylation is 2. The van der Waals surface area contributed by atoms with Crippen LogP contribution in [0.3, 0.4) is 0 Å². The molecule has 1 fully saturated rings. The molecule has 2 atom stereocenters. The van der Waals surface area contributed by atoms with E-state index in [1.165, 1.54) is 5.56 Å². The molecule has 6 heteroatoms. The van der Waals surface area contributed by atoms with Crippen molar-refractivity contribution in [1.29, 1.82) is 0 Å². The maximum atomic E-state index is 13.2. The highest BCUT2D eigenvalue weighted by Gasteiger charge is 2.33. The molecule has 1 aliphatic rings. The summed E-state index contributed by atoms with van der Waals surface area (Å²) < 4.78 is 8.08. The molecule has 1 N–H and O–H groups in total. The van der Waals surface area contributed by atoms with Crippen molar-refractivity contribution in [3.63, 3.8) is 0 Å². The first-order valence-corrected chi connectivity index (χ1v) is 9.64. The van der Waals surface area contributed by atoms with E-state index in [9.17, 15) is 4.79 Å². The number of imidazole rings is 1. The first-order valence-electron chi connectivity index (χ1n) is 9.64. The average molecular weight is 370 g/mol. The van der Waals surface area contributed by atoms with Crippen molar-refractivity contribution in [2.24, 2.45) is 7.05 Å². The number of piperazine rings is 1. The lowest BCUT2D eigenvalue weighted by Crippen LogP contribution is -2.52. The molecule has 6 nitrogen and oxygen atoms in total. The van der Waals surface area contributed by atoms with E-state index in [2.05, 4.69) is 42.3 Å². The summed E-state index contributed by atoms with van der Waals surface area (Å²) in [5.74, 6) is 2.09. The van der Waals surface area contributed by atoms with Crippen molar-refractivity contribution in [3.8, 4) is 5.75 Å². The molecule has 1 saturated heterocycles. The van der Waals surface area contributed by atoms with E-state index < -0.39 is 6.10 Å². The van der Waals surface area contributed by atoms with Gasteiger partial charge in [-0.1, -0.05) is 26.0 Å². The normalized spacial score (nSPS) is 18.6. The van der Waals surface area contributed by atoms with Crippen LogP contribution in [0.2, 0.25) is 0 Å². The summed E-state index contributed by atoms with van der Waals surface area (Å²) in [5.41, 5.74) is 2.25. The number of benzene rings is 1. The number of aromatic nitrogens is 2. The lowest BCUT2D eigenvalue weighted by Gasteiger charge is -2.37. The molecular weight excluding hydrogens is 340 g/mol. The number of rotatable bonds is 5. The summed E-state index contributed by atoms with van der Waals surface area (Å²) in [5, 5.41) is 3.36. The van der Waals surface area contributed by atoms with Crippen molar-refractivity contribution in [2.75, 3.05) is 19.6 Å². The summed E-state index contributed by atoms with van der Waals surface area (Å²) in [6.07, 6.45) is 3.13. The first kappa shape index (κ1) is 19.4. The molecule has 2 heterocycles. The van der Waals surface area contributed by atoms with Crippen molar-refractivity contribution < 1.29 is 9.53 Å². The minimum absolute atomic E-state index is 0.00106. The molecule has 0 aliphatic carbocycles. The van der Waals surface area contributed by atoms with Crippen LogP contribution in [0.25, 0.3) is 0 Å². The van der Waals surface area contributed by atoms with Crippen LogP contribution in [-0.4, -0.2) is 46.1 Å². The van der Waals surface area contributed by atoms with Gasteiger partial charge >= 0.3 is 0 Å². The van der Waals surface area contributed by atoms with Gasteiger partial charge in [-0.25, -0.2) is 4.98 Å². The Morgan fingerprint density at radius 2 is 2.11 bits per heavy atom. The Bertz CT molecular complexity index is 799. The fourth-order valence-electron chi connectivity index (χ4n) is 3.47. The number of hydrogen-bond donors (Lipinski definition) is 1. The van der Waals surface area contributed by atoms with Crippen LogP contribution in [0.5, 0.6) is 5.75 Å². The Labute approximate surface area is 161 Å². The second kappa shape index (κ2) is 8.13. The summed E-state index contributed by atoms with van der Waals surface area (Å²) in [6.45, 7) is 10.3. The van der Waals surface area contributed by atoms with E-state index in [4.69, 9.17) is 4.74 Å². The molecule has 0 saturated carbocycles. The van der Waals surface area contributed by atoms with E-state index in [-0.39, 0.29) is 11.9 Å². The second-order valence-electron chi connectivity index (χ2n) is 7.59. The number of carbonyl (C=O) groups excluding carboxylic acids is 1. The number of carbonyl (C=O) groups is 1. The quantitative estimate of drug-likeness (QED) is 0.879. The van der Waals surface area contributed by atoms with Crippen LogP contribution in [0.4, 0.5) is 0 Å². The molecule has 1 aliphatic heterocycles. The predicted octanol–water partition coefficient (Wildman–Crippen LogP) is 2.79. The third-order valence-electron chi connectivity index (χ3n) is 5.21. The van der Waals surface area contributed by atoms with E-state index in [1.54, 1.807) is 6.20 Å². The molecular formula is C21H30N4O2. The Morgan fingerprint density at radius 1 is 1.33 bits per heavy atom. The average Bonchev–Trinajstić information content (AvgIpc) is 3.08. The second-order valence-corrected chi connectivity index (χ2v) is 7.59. The zero-order chi connectivity index (χ0) is 19.6. The Kier molecular flexibility index (Phi) is 5.85. The molecule has 1 aromatic heterocycles. The van der Waals surface area contributed by atoms with Gasteiger partial charge in [0, 0.05) is 39.1 Å². The van der Waals surface area contributed by atoms with Crippen LogP contribution in [0.1, 0.15) is 49.7 Å². The van der Waals surface area contributed by atoms with Crippen molar-refractivity contribution in [2.45, 2.75) is 45.8 Å². The molecule has 0 spiro atoms. The lowest BCUT2D eigenvalue weighted by atomic mass is 10.0. The van der Waals surface area contributed by atoms with Gasteiger partial charge in [-0.3, -0.25) is 4.79 Å². The zero-order valence-electron chi connectivity index (χ0n) is 16.9. The fourth-order valence-corrected chi connectivity index (χ4v) is 3.47. The maximum absolute atomic E-state index is 13.2. The van der Waals surface area contributed by atoms with E-state index in [0.29, 0.717) is 19.0 Å². The van der Waals surface area contributed by atoms with Crippen LogP contribution in [0.15, 0.2) is 30.6 Å². The van der Waals surface area contributed by atoms with E-state index in [0.717, 1.165) is 23.7 Å². The maximum Gasteiger partial charge on any atom is 0.264 e. The minimum atomic E-state index is -0.549. The standard InChI is InChI=1S/C21H30N4O2/c1-14(2)17-7-6-15(3)19(12-17)27-16(4)21(26)25-11-8-22-13-18(25)20-23-9-10-24(20)5/h6-7,9-10,12,14,16,18,22H,8,11,13H2,1-5H3. The summed E-state index contributed by atoms with van der Waals surface area (Å²) in [6, 6.07) is 6.15. The van der Waals surface area contributed by atoms with Crippen LogP contribution >= 0.6 is 0 Å². The van der Waals surface area contributed by atoms with Gasteiger partial charge in [0.1, 0.15) is 17.6 Å². The molecule has 1 aromatic carbocycles. The Hall–Kier alpha value is -2.34. The lowest BCUT2D eigenvalue weighted by molar-refractivity contribution is -0.141. The van der Waals surface area contributed by atoms with Gasteiger partial charge in [-0.2, -0.15) is 0 Å². The van der Waals surface area contributed by atoms with Gasteiger partial charge in [0.2, 0.25) is 0 Å². The van der Waals surface area contributed by atoms with E-state index in [1.807, 2.05) is 36.6 Å². The largest absolute Gasteiger partial charge is 0.481 e. The molecule has 2 unspecified atom stereocenters. The summed E-state index contributed by atoms with van der Waals surface area (Å²) in [4.78, 5) is 19.5. The van der Waals surface area contributed by atoms with Crippen LogP contribution in [-0.2, 0) is 11.8 Å². The minimum Gasteiger partial charge on any atom is -0.481 e. The van der Waals surface area contributed by atoms with Gasteiger partial charge in [-0.05, 0) is 37.0 Å². The monoisotopic (exact) mass is 370 g/mol. The smallest absolute Gasteiger partial charge is 0.264 e. The van der Waals surface area contributed by atoms with E-state index >= 15 is 0 Å². The molecule has 2 aromatic rings. The number of ether oxygens (including phenoxy) is 1. The van der Waals surface area contributed by atoms with Gasteiger partial charge in [0.15, 0.2) is 6.10 Å². The highest BCUT2D eigenvalue weighted by Crippen LogP contribution is 2.27. The van der Waals surface area contributed by atoms with Gasteiger partial charge in [0.25, 0.3) is 5.91 Å². The van der Waals surface area contributed by atoms with Crippen molar-refractivity contribution in [3.05, 3.63) is 47.5 Å². The Morgan fingerprint density at radius 3 is 2.78 bits per heavy atom. The van der Waals surface area contributed by atoms with Gasteiger partial charge < -0.3 is 19.5 Å². The number of nitrogens with zero attached hydrogens (tertiary/aromatic N) is 3. The fraction of sp³-hybridized carbons (Fsp3) is 0.524. The van der Waals surface area contributed by atoms with Crippen molar-refractivity contribution in [1.82, 2.24) is 19.8 Å². The number of hydrogen-bond acceptors (Lipinski definition) is 4. The highest BCUT2D eigenvalue weighted by atomic mass is 16.5. The van der Waals surface area contributed by atoms with Crippen LogP contribution < -0.4 is 10.1 Å². The first-order chi connectivity index (χ1) is 12.9. The van der Waals surface area contributed by atoms with Gasteiger partial charge in [0.05, 0.1) is 0 Å². The Balaban J connectivity index is 1.78. The molecule has 146 valence electrons. The van der Waals surface area contributed by atoms with Crippen LogP contribution in [0, 0.1) is 6.92 Å². The molecule has 0 bridgehead atoms. The highest BCUT2D eigenvalue weighted by molar-refractivity contribution is 5.81. The third kappa shape index (κ3) is 4.16. The van der Waals surface area contributed by atoms with Crippen molar-refractivity contribution >= 4 is 5.91 Å². The number of nitrogens with one attached hydrogen (secondary N) is 1. The predicted molar refractivity (Wildman–Crippen MR) is 106 cm³/mol.